The molecule has 1 aromatic carbocycles. The van der Waals surface area contributed by atoms with E-state index in [2.05, 4.69) is 10.0 Å². The van der Waals surface area contributed by atoms with E-state index in [-0.39, 0.29) is 11.6 Å². The number of nitrogens with one attached hydrogen (secondary N) is 2. The Bertz CT molecular complexity index is 571. The highest BCUT2D eigenvalue weighted by molar-refractivity contribution is 7.89. The molecule has 0 heterocycles. The van der Waals surface area contributed by atoms with Gasteiger partial charge in [0.25, 0.3) is 0 Å². The number of benzene rings is 1. The van der Waals surface area contributed by atoms with Gasteiger partial charge >= 0.3 is 0 Å². The Morgan fingerprint density at radius 1 is 1.40 bits per heavy atom. The molecule has 1 fully saturated rings. The second kappa shape index (κ2) is 6.20. The summed E-state index contributed by atoms with van der Waals surface area (Å²) in [7, 11) is -3.35. The number of sulfonamides is 1. The van der Waals surface area contributed by atoms with Crippen LogP contribution in [0.1, 0.15) is 36.9 Å². The summed E-state index contributed by atoms with van der Waals surface area (Å²) < 4.78 is 39.9. The monoisotopic (exact) mass is 300 g/mol. The molecule has 2 N–H and O–H groups in total. The summed E-state index contributed by atoms with van der Waals surface area (Å²) in [4.78, 5) is 0. The molecule has 0 aromatic heterocycles. The second-order valence-corrected chi connectivity index (χ2v) is 7.27. The number of halogens is 1. The summed E-state index contributed by atoms with van der Waals surface area (Å²) in [6, 6.07) is 4.84. The molecule has 0 aliphatic heterocycles. The molecular formula is C14H21FN2O2S. The van der Waals surface area contributed by atoms with Gasteiger partial charge in [-0.1, -0.05) is 12.1 Å². The molecule has 1 saturated carbocycles. The van der Waals surface area contributed by atoms with Crippen LogP contribution < -0.4 is 10.0 Å². The van der Waals surface area contributed by atoms with E-state index in [9.17, 15) is 12.8 Å². The SMILES string of the molecule is Cc1ccc(C(C)NS(=O)(=O)CCNC2CC2)cc1F. The molecule has 1 aliphatic rings. The molecule has 1 aromatic rings. The van der Waals surface area contributed by atoms with Crippen molar-refractivity contribution in [3.63, 3.8) is 0 Å². The lowest BCUT2D eigenvalue weighted by atomic mass is 10.1. The van der Waals surface area contributed by atoms with E-state index in [0.717, 1.165) is 12.8 Å². The Hall–Kier alpha value is -0.980. The van der Waals surface area contributed by atoms with Crippen LogP contribution in [-0.2, 0) is 10.0 Å². The Morgan fingerprint density at radius 3 is 2.70 bits per heavy atom. The average Bonchev–Trinajstić information content (AvgIpc) is 3.15. The van der Waals surface area contributed by atoms with Gasteiger partial charge in [0.15, 0.2) is 0 Å². The molecule has 1 unspecified atom stereocenters. The Balaban J connectivity index is 1.90. The van der Waals surface area contributed by atoms with Crippen molar-refractivity contribution in [2.75, 3.05) is 12.3 Å². The van der Waals surface area contributed by atoms with Crippen molar-refractivity contribution in [1.29, 1.82) is 0 Å². The first-order valence-electron chi connectivity index (χ1n) is 6.87. The minimum atomic E-state index is -3.35. The number of hydrogen-bond donors (Lipinski definition) is 2. The van der Waals surface area contributed by atoms with Gasteiger partial charge in [-0.25, -0.2) is 17.5 Å². The maximum atomic E-state index is 13.5. The largest absolute Gasteiger partial charge is 0.313 e. The summed E-state index contributed by atoms with van der Waals surface area (Å²) in [6.07, 6.45) is 2.26. The molecule has 4 nitrogen and oxygen atoms in total. The smallest absolute Gasteiger partial charge is 0.213 e. The predicted molar refractivity (Wildman–Crippen MR) is 77.5 cm³/mol. The summed E-state index contributed by atoms with van der Waals surface area (Å²) in [5.41, 5.74) is 1.18. The minimum absolute atomic E-state index is 0.0438. The fourth-order valence-electron chi connectivity index (χ4n) is 1.96. The van der Waals surface area contributed by atoms with Crippen molar-refractivity contribution in [3.8, 4) is 0 Å². The lowest BCUT2D eigenvalue weighted by molar-refractivity contribution is 0.560. The van der Waals surface area contributed by atoms with Crippen LogP contribution in [0.5, 0.6) is 0 Å². The highest BCUT2D eigenvalue weighted by Gasteiger charge is 2.22. The summed E-state index contributed by atoms with van der Waals surface area (Å²) in [5, 5.41) is 3.16. The summed E-state index contributed by atoms with van der Waals surface area (Å²) >= 11 is 0. The van der Waals surface area contributed by atoms with Crippen molar-refractivity contribution in [2.24, 2.45) is 0 Å². The minimum Gasteiger partial charge on any atom is -0.313 e. The molecule has 0 spiro atoms. The van der Waals surface area contributed by atoms with E-state index in [1.807, 2.05) is 0 Å². The number of hydrogen-bond acceptors (Lipinski definition) is 3. The third-order valence-electron chi connectivity index (χ3n) is 3.43. The van der Waals surface area contributed by atoms with Gasteiger partial charge in [0.2, 0.25) is 10.0 Å². The van der Waals surface area contributed by atoms with Crippen molar-refractivity contribution in [1.82, 2.24) is 10.0 Å². The van der Waals surface area contributed by atoms with Gasteiger partial charge in [-0.3, -0.25) is 0 Å². The van der Waals surface area contributed by atoms with Crippen LogP contribution in [0.4, 0.5) is 4.39 Å². The third kappa shape index (κ3) is 4.54. The van der Waals surface area contributed by atoms with E-state index >= 15 is 0 Å². The highest BCUT2D eigenvalue weighted by Crippen LogP contribution is 2.19. The van der Waals surface area contributed by atoms with Crippen LogP contribution in [-0.4, -0.2) is 26.8 Å². The zero-order valence-corrected chi connectivity index (χ0v) is 12.6. The molecule has 20 heavy (non-hydrogen) atoms. The second-order valence-electron chi connectivity index (χ2n) is 5.40. The lowest BCUT2D eigenvalue weighted by Gasteiger charge is -2.15. The third-order valence-corrected chi connectivity index (χ3v) is 4.89. The quantitative estimate of drug-likeness (QED) is 0.808. The zero-order valence-electron chi connectivity index (χ0n) is 11.8. The number of rotatable bonds is 7. The molecule has 6 heteroatoms. The van der Waals surface area contributed by atoms with Crippen LogP contribution in [0.2, 0.25) is 0 Å². The maximum Gasteiger partial charge on any atom is 0.213 e. The van der Waals surface area contributed by atoms with E-state index in [0.29, 0.717) is 23.7 Å². The van der Waals surface area contributed by atoms with Crippen LogP contribution in [0.25, 0.3) is 0 Å². The molecule has 1 atom stereocenters. The fourth-order valence-corrected chi connectivity index (χ4v) is 3.14. The van der Waals surface area contributed by atoms with E-state index < -0.39 is 16.1 Å². The van der Waals surface area contributed by atoms with Gasteiger partial charge in [-0.2, -0.15) is 0 Å². The van der Waals surface area contributed by atoms with Crippen LogP contribution in [0.3, 0.4) is 0 Å². The molecule has 0 amide bonds. The van der Waals surface area contributed by atoms with Crippen LogP contribution in [0, 0.1) is 12.7 Å². The normalized spacial score (nSPS) is 17.1. The molecule has 0 bridgehead atoms. The maximum absolute atomic E-state index is 13.5. The van der Waals surface area contributed by atoms with Crippen molar-refractivity contribution in [2.45, 2.75) is 38.8 Å². The van der Waals surface area contributed by atoms with Gasteiger partial charge in [0, 0.05) is 18.6 Å². The van der Waals surface area contributed by atoms with E-state index in [1.54, 1.807) is 26.0 Å². The predicted octanol–water partition coefficient (Wildman–Crippen LogP) is 1.87. The summed E-state index contributed by atoms with van der Waals surface area (Å²) in [5.74, 6) is -0.272. The van der Waals surface area contributed by atoms with Crippen LogP contribution in [0.15, 0.2) is 18.2 Å². The highest BCUT2D eigenvalue weighted by atomic mass is 32.2. The molecule has 2 rings (SSSR count). The standard InChI is InChI=1S/C14H21FN2O2S/c1-10-3-4-12(9-14(10)15)11(2)17-20(18,19)8-7-16-13-5-6-13/h3-4,9,11,13,16-17H,5-8H2,1-2H3. The summed E-state index contributed by atoms with van der Waals surface area (Å²) in [6.45, 7) is 3.85. The molecule has 1 aliphatic carbocycles. The topological polar surface area (TPSA) is 58.2 Å². The fraction of sp³-hybridized carbons (Fsp3) is 0.571. The van der Waals surface area contributed by atoms with Crippen molar-refractivity contribution in [3.05, 3.63) is 35.1 Å². The first-order valence-corrected chi connectivity index (χ1v) is 8.52. The van der Waals surface area contributed by atoms with Crippen molar-refractivity contribution >= 4 is 10.0 Å². The van der Waals surface area contributed by atoms with Gasteiger partial charge in [-0.15, -0.1) is 0 Å². The lowest BCUT2D eigenvalue weighted by Crippen LogP contribution is -2.34. The first kappa shape index (κ1) is 15.4. The molecule has 112 valence electrons. The molecule has 0 saturated heterocycles. The Kier molecular flexibility index (Phi) is 4.78. The number of aryl methyl sites for hydroxylation is 1. The van der Waals surface area contributed by atoms with E-state index in [1.165, 1.54) is 6.07 Å². The molecule has 0 radical (unpaired) electrons. The van der Waals surface area contributed by atoms with Gasteiger partial charge in [-0.05, 0) is 43.9 Å². The van der Waals surface area contributed by atoms with Crippen LogP contribution >= 0.6 is 0 Å². The van der Waals surface area contributed by atoms with E-state index in [4.69, 9.17) is 0 Å². The Labute approximate surface area is 119 Å². The van der Waals surface area contributed by atoms with Crippen molar-refractivity contribution < 1.29 is 12.8 Å². The van der Waals surface area contributed by atoms with Gasteiger partial charge in [0.1, 0.15) is 5.82 Å². The van der Waals surface area contributed by atoms with Gasteiger partial charge in [0.05, 0.1) is 5.75 Å². The van der Waals surface area contributed by atoms with Gasteiger partial charge < -0.3 is 5.32 Å². The average molecular weight is 300 g/mol. The first-order chi connectivity index (χ1) is 9.37. The molecular weight excluding hydrogens is 279 g/mol. The Morgan fingerprint density at radius 2 is 2.10 bits per heavy atom. The zero-order chi connectivity index (χ0) is 14.8.